The minimum atomic E-state index is -0.203. The van der Waals surface area contributed by atoms with E-state index >= 15 is 0 Å². The van der Waals surface area contributed by atoms with Crippen molar-refractivity contribution in [1.29, 1.82) is 0 Å². The molecular formula is C21H29Cl2N5O3. The largest absolute Gasteiger partial charge is 0.381 e. The molecule has 3 amide bonds. The van der Waals surface area contributed by atoms with E-state index in [0.29, 0.717) is 47.8 Å². The lowest BCUT2D eigenvalue weighted by molar-refractivity contribution is -0.136. The number of benzene rings is 1. The SMILES string of the molecule is O=C(Nc1ccc(Cl)c(Cl)c1)N1CCN(C(=O)[C@H]2CN(CC3CCOC3)CCN2)CC1. The zero-order valence-corrected chi connectivity index (χ0v) is 19.0. The topological polar surface area (TPSA) is 77.2 Å². The quantitative estimate of drug-likeness (QED) is 0.704. The molecule has 1 aromatic carbocycles. The molecule has 0 radical (unpaired) electrons. The van der Waals surface area contributed by atoms with Crippen molar-refractivity contribution >= 4 is 40.8 Å². The van der Waals surface area contributed by atoms with Crippen molar-refractivity contribution < 1.29 is 14.3 Å². The maximum atomic E-state index is 13.0. The molecule has 0 saturated carbocycles. The number of urea groups is 1. The first-order chi connectivity index (χ1) is 15.0. The summed E-state index contributed by atoms with van der Waals surface area (Å²) in [6.07, 6.45) is 1.11. The van der Waals surface area contributed by atoms with Crippen LogP contribution in [0.5, 0.6) is 0 Å². The van der Waals surface area contributed by atoms with E-state index < -0.39 is 0 Å². The molecule has 0 aromatic heterocycles. The van der Waals surface area contributed by atoms with Gasteiger partial charge in [-0.15, -0.1) is 0 Å². The fraction of sp³-hybridized carbons (Fsp3) is 0.619. The Balaban J connectivity index is 1.24. The molecule has 3 fully saturated rings. The van der Waals surface area contributed by atoms with Crippen molar-refractivity contribution in [1.82, 2.24) is 20.0 Å². The molecule has 2 atom stereocenters. The third-order valence-corrected chi connectivity index (χ3v) is 6.89. The molecule has 2 N–H and O–H groups in total. The van der Waals surface area contributed by atoms with Gasteiger partial charge < -0.3 is 25.2 Å². The average Bonchev–Trinajstić information content (AvgIpc) is 3.29. The first kappa shape index (κ1) is 22.6. The van der Waals surface area contributed by atoms with Crippen LogP contribution in [0.4, 0.5) is 10.5 Å². The van der Waals surface area contributed by atoms with Crippen LogP contribution < -0.4 is 10.6 Å². The van der Waals surface area contributed by atoms with Gasteiger partial charge in [-0.3, -0.25) is 9.69 Å². The molecule has 0 spiro atoms. The highest BCUT2D eigenvalue weighted by Crippen LogP contribution is 2.25. The van der Waals surface area contributed by atoms with E-state index in [4.69, 9.17) is 27.9 Å². The van der Waals surface area contributed by atoms with Crippen LogP contribution in [0.15, 0.2) is 18.2 Å². The van der Waals surface area contributed by atoms with Crippen LogP contribution in [0.3, 0.4) is 0 Å². The first-order valence-electron chi connectivity index (χ1n) is 10.8. The summed E-state index contributed by atoms with van der Waals surface area (Å²) in [5, 5.41) is 7.04. The maximum Gasteiger partial charge on any atom is 0.321 e. The van der Waals surface area contributed by atoms with Crippen molar-refractivity contribution in [2.75, 3.05) is 70.9 Å². The van der Waals surface area contributed by atoms with Crippen LogP contribution in [0.1, 0.15) is 6.42 Å². The molecule has 31 heavy (non-hydrogen) atoms. The highest BCUT2D eigenvalue weighted by atomic mass is 35.5. The lowest BCUT2D eigenvalue weighted by Gasteiger charge is -2.39. The number of piperazine rings is 2. The smallest absolute Gasteiger partial charge is 0.321 e. The highest BCUT2D eigenvalue weighted by molar-refractivity contribution is 6.42. The maximum absolute atomic E-state index is 13.0. The Morgan fingerprint density at radius 2 is 1.87 bits per heavy atom. The second-order valence-electron chi connectivity index (χ2n) is 8.37. The van der Waals surface area contributed by atoms with E-state index in [9.17, 15) is 9.59 Å². The minimum absolute atomic E-state index is 0.122. The third kappa shape index (κ3) is 5.81. The fourth-order valence-corrected chi connectivity index (χ4v) is 4.66. The van der Waals surface area contributed by atoms with Gasteiger partial charge in [-0.05, 0) is 30.5 Å². The molecule has 170 valence electrons. The highest BCUT2D eigenvalue weighted by Gasteiger charge is 2.32. The molecule has 1 aromatic rings. The van der Waals surface area contributed by atoms with E-state index in [1.165, 1.54) is 0 Å². The number of halogens is 2. The second kappa shape index (κ2) is 10.4. The number of hydrogen-bond acceptors (Lipinski definition) is 5. The van der Waals surface area contributed by atoms with Crippen LogP contribution in [-0.4, -0.2) is 98.3 Å². The number of hydrogen-bond donors (Lipinski definition) is 2. The summed E-state index contributed by atoms with van der Waals surface area (Å²) in [6.45, 7) is 7.23. The van der Waals surface area contributed by atoms with Gasteiger partial charge >= 0.3 is 6.03 Å². The summed E-state index contributed by atoms with van der Waals surface area (Å²) in [5.41, 5.74) is 0.595. The molecule has 0 bridgehead atoms. The van der Waals surface area contributed by atoms with E-state index in [0.717, 1.165) is 45.8 Å². The van der Waals surface area contributed by atoms with Gasteiger partial charge in [0.15, 0.2) is 0 Å². The number of amides is 3. The predicted octanol–water partition coefficient (Wildman–Crippen LogP) is 1.98. The Kier molecular flexibility index (Phi) is 7.55. The van der Waals surface area contributed by atoms with Gasteiger partial charge in [-0.25, -0.2) is 4.79 Å². The van der Waals surface area contributed by atoms with Crippen LogP contribution in [0.25, 0.3) is 0 Å². The molecular weight excluding hydrogens is 441 g/mol. The van der Waals surface area contributed by atoms with Crippen molar-refractivity contribution in [3.05, 3.63) is 28.2 Å². The summed E-state index contributed by atoms with van der Waals surface area (Å²) >= 11 is 11.9. The molecule has 10 heteroatoms. The normalized spacial score (nSPS) is 25.0. The van der Waals surface area contributed by atoms with E-state index in [2.05, 4.69) is 15.5 Å². The second-order valence-corrected chi connectivity index (χ2v) is 9.18. The number of carbonyl (C=O) groups is 2. The molecule has 8 nitrogen and oxygen atoms in total. The van der Waals surface area contributed by atoms with Gasteiger partial charge in [0.05, 0.1) is 22.7 Å². The van der Waals surface area contributed by atoms with Gasteiger partial charge in [0.1, 0.15) is 0 Å². The number of carbonyl (C=O) groups excluding carboxylic acids is 2. The van der Waals surface area contributed by atoms with Crippen molar-refractivity contribution in [2.24, 2.45) is 5.92 Å². The molecule has 3 aliphatic heterocycles. The molecule has 3 aliphatic rings. The van der Waals surface area contributed by atoms with Crippen molar-refractivity contribution in [2.45, 2.75) is 12.5 Å². The van der Waals surface area contributed by atoms with Crippen LogP contribution in [-0.2, 0) is 9.53 Å². The van der Waals surface area contributed by atoms with Gasteiger partial charge in [0, 0.05) is 64.7 Å². The summed E-state index contributed by atoms with van der Waals surface area (Å²) in [6, 6.07) is 4.60. The van der Waals surface area contributed by atoms with Gasteiger partial charge in [0.2, 0.25) is 5.91 Å². The standard InChI is InChI=1S/C21H29Cl2N5O3/c22-17-2-1-16(11-18(17)23)25-21(30)28-8-6-27(7-9-28)20(29)19-13-26(5-4-24-19)12-15-3-10-31-14-15/h1-2,11,15,19,24H,3-10,12-14H2,(H,25,30)/t15?,19-/m1/s1. The average molecular weight is 470 g/mol. The fourth-order valence-electron chi connectivity index (χ4n) is 4.36. The van der Waals surface area contributed by atoms with Crippen LogP contribution >= 0.6 is 23.2 Å². The minimum Gasteiger partial charge on any atom is -0.381 e. The first-order valence-corrected chi connectivity index (χ1v) is 11.6. The predicted molar refractivity (Wildman–Crippen MR) is 121 cm³/mol. The Hall–Kier alpha value is -1.58. The summed E-state index contributed by atoms with van der Waals surface area (Å²) < 4.78 is 5.48. The van der Waals surface area contributed by atoms with Gasteiger partial charge in [-0.2, -0.15) is 0 Å². The van der Waals surface area contributed by atoms with Gasteiger partial charge in [0.25, 0.3) is 0 Å². The number of ether oxygens (including phenoxy) is 1. The van der Waals surface area contributed by atoms with E-state index in [1.807, 2.05) is 4.90 Å². The van der Waals surface area contributed by atoms with E-state index in [-0.39, 0.29) is 18.0 Å². The molecule has 3 heterocycles. The van der Waals surface area contributed by atoms with Gasteiger partial charge in [-0.1, -0.05) is 23.2 Å². The van der Waals surface area contributed by atoms with Crippen molar-refractivity contribution in [3.63, 3.8) is 0 Å². The number of nitrogens with zero attached hydrogens (tertiary/aromatic N) is 3. The van der Waals surface area contributed by atoms with Crippen molar-refractivity contribution in [3.8, 4) is 0 Å². The monoisotopic (exact) mass is 469 g/mol. The molecule has 1 unspecified atom stereocenters. The lowest BCUT2D eigenvalue weighted by Crippen LogP contribution is -2.61. The lowest BCUT2D eigenvalue weighted by atomic mass is 10.1. The molecule has 0 aliphatic carbocycles. The Morgan fingerprint density at radius 3 is 2.58 bits per heavy atom. The Morgan fingerprint density at radius 1 is 1.10 bits per heavy atom. The molecule has 3 saturated heterocycles. The van der Waals surface area contributed by atoms with Crippen LogP contribution in [0.2, 0.25) is 10.0 Å². The number of nitrogens with one attached hydrogen (secondary N) is 2. The summed E-state index contributed by atoms with van der Waals surface area (Å²) in [4.78, 5) is 31.5. The summed E-state index contributed by atoms with van der Waals surface area (Å²) in [5.74, 6) is 0.698. The number of rotatable bonds is 4. The third-order valence-electron chi connectivity index (χ3n) is 6.15. The Labute approximate surface area is 192 Å². The zero-order valence-electron chi connectivity index (χ0n) is 17.5. The Bertz CT molecular complexity index is 797. The molecule has 4 rings (SSSR count). The number of anilines is 1. The zero-order chi connectivity index (χ0) is 21.8. The van der Waals surface area contributed by atoms with E-state index in [1.54, 1.807) is 23.1 Å². The van der Waals surface area contributed by atoms with Crippen LogP contribution in [0, 0.1) is 5.92 Å². The summed E-state index contributed by atoms with van der Waals surface area (Å²) in [7, 11) is 0.